The molecule has 3 unspecified atom stereocenters. The second-order valence-electron chi connectivity index (χ2n) is 16.9. The van der Waals surface area contributed by atoms with Crippen LogP contribution in [-0.4, -0.2) is 46.9 Å². The van der Waals surface area contributed by atoms with Gasteiger partial charge in [0.05, 0.1) is 25.2 Å². The lowest BCUT2D eigenvalue weighted by Gasteiger charge is -2.24. The predicted octanol–water partition coefficient (Wildman–Crippen LogP) is 14.7. The molecule has 0 saturated carbocycles. The van der Waals surface area contributed by atoms with Gasteiger partial charge in [-0.05, 0) is 44.9 Å². The zero-order valence-electron chi connectivity index (χ0n) is 38.4. The summed E-state index contributed by atoms with van der Waals surface area (Å²) in [5.41, 5.74) is 0. The van der Waals surface area contributed by atoms with Crippen molar-refractivity contribution in [2.24, 2.45) is 0 Å². The fraction of sp³-hybridized carbons (Fsp3) is 0.808. The Labute approximate surface area is 359 Å². The van der Waals surface area contributed by atoms with Gasteiger partial charge >= 0.3 is 5.97 Å². The number of aliphatic hydroxyl groups is 2. The van der Waals surface area contributed by atoms with E-state index in [1.807, 2.05) is 24.3 Å². The van der Waals surface area contributed by atoms with Crippen LogP contribution in [0.5, 0.6) is 0 Å². The Kier molecular flexibility index (Phi) is 44.2. The molecule has 0 aromatic carbocycles. The summed E-state index contributed by atoms with van der Waals surface area (Å²) in [6, 6.07) is -0.712. The Morgan fingerprint density at radius 3 is 1.41 bits per heavy atom. The first kappa shape index (κ1) is 55.8. The SMILES string of the molecule is CC/C=C/C=C/C=C/C=C\CCCCCC(CC(=O)NC(CO)C(O)CCCCCCCCCCCCCCCCC)OC(=O)CCCCCCCCCCCCC. The van der Waals surface area contributed by atoms with E-state index in [2.05, 4.69) is 50.4 Å². The Morgan fingerprint density at radius 1 is 0.517 bits per heavy atom. The highest BCUT2D eigenvalue weighted by atomic mass is 16.5. The zero-order valence-corrected chi connectivity index (χ0v) is 38.4. The van der Waals surface area contributed by atoms with Gasteiger partial charge in [0.1, 0.15) is 6.10 Å². The molecule has 0 aliphatic carbocycles. The molecule has 3 N–H and O–H groups in total. The lowest BCUT2D eigenvalue weighted by atomic mass is 10.0. The summed E-state index contributed by atoms with van der Waals surface area (Å²) >= 11 is 0. The number of esters is 1. The maximum absolute atomic E-state index is 13.2. The van der Waals surface area contributed by atoms with E-state index in [1.54, 1.807) is 0 Å². The molecule has 0 rings (SSSR count). The highest BCUT2D eigenvalue weighted by Crippen LogP contribution is 2.18. The molecule has 1 amide bonds. The Bertz CT molecular complexity index is 1000. The monoisotopic (exact) mass is 814 g/mol. The number of allylic oxidation sites excluding steroid dienone is 8. The average Bonchev–Trinajstić information content (AvgIpc) is 3.22. The van der Waals surface area contributed by atoms with Crippen molar-refractivity contribution >= 4 is 11.9 Å². The number of hydrogen-bond acceptors (Lipinski definition) is 5. The number of carbonyl (C=O) groups is 2. The second-order valence-corrected chi connectivity index (χ2v) is 16.9. The molecule has 0 radical (unpaired) electrons. The minimum absolute atomic E-state index is 0.0534. The van der Waals surface area contributed by atoms with Gasteiger partial charge in [-0.3, -0.25) is 9.59 Å². The van der Waals surface area contributed by atoms with Gasteiger partial charge in [0.15, 0.2) is 0 Å². The van der Waals surface area contributed by atoms with Crippen molar-refractivity contribution in [2.75, 3.05) is 6.61 Å². The topological polar surface area (TPSA) is 95.9 Å². The smallest absolute Gasteiger partial charge is 0.306 e. The fourth-order valence-corrected chi connectivity index (χ4v) is 7.50. The number of aliphatic hydroxyl groups excluding tert-OH is 2. The van der Waals surface area contributed by atoms with Crippen molar-refractivity contribution in [3.05, 3.63) is 48.6 Å². The molecule has 0 bridgehead atoms. The van der Waals surface area contributed by atoms with Gasteiger partial charge in [-0.2, -0.15) is 0 Å². The summed E-state index contributed by atoms with van der Waals surface area (Å²) in [6.07, 6.45) is 54.5. The van der Waals surface area contributed by atoms with Gasteiger partial charge in [-0.15, -0.1) is 0 Å². The number of carbonyl (C=O) groups excluding carboxylic acids is 2. The Hall–Kier alpha value is -2.18. The lowest BCUT2D eigenvalue weighted by molar-refractivity contribution is -0.151. The van der Waals surface area contributed by atoms with E-state index in [1.165, 1.54) is 128 Å². The van der Waals surface area contributed by atoms with Crippen molar-refractivity contribution in [1.82, 2.24) is 5.32 Å². The van der Waals surface area contributed by atoms with Gasteiger partial charge < -0.3 is 20.3 Å². The number of rotatable bonds is 44. The molecule has 0 fully saturated rings. The third kappa shape index (κ3) is 40.6. The van der Waals surface area contributed by atoms with Crippen molar-refractivity contribution < 1.29 is 24.5 Å². The summed E-state index contributed by atoms with van der Waals surface area (Å²) < 4.78 is 5.90. The van der Waals surface area contributed by atoms with Crippen molar-refractivity contribution in [3.8, 4) is 0 Å². The third-order valence-corrected chi connectivity index (χ3v) is 11.3. The van der Waals surface area contributed by atoms with Crippen molar-refractivity contribution in [2.45, 2.75) is 264 Å². The minimum atomic E-state index is -0.796. The van der Waals surface area contributed by atoms with Gasteiger partial charge in [0.2, 0.25) is 5.91 Å². The quantitative estimate of drug-likeness (QED) is 0.0323. The van der Waals surface area contributed by atoms with E-state index < -0.39 is 18.2 Å². The molecule has 6 nitrogen and oxygen atoms in total. The molecule has 3 atom stereocenters. The number of nitrogens with one attached hydrogen (secondary N) is 1. The molecule has 0 aromatic heterocycles. The molecule has 6 heteroatoms. The van der Waals surface area contributed by atoms with Crippen LogP contribution >= 0.6 is 0 Å². The van der Waals surface area contributed by atoms with Crippen LogP contribution in [0.15, 0.2) is 48.6 Å². The molecule has 0 saturated heterocycles. The van der Waals surface area contributed by atoms with Crippen LogP contribution in [0.2, 0.25) is 0 Å². The van der Waals surface area contributed by atoms with E-state index in [-0.39, 0.29) is 24.9 Å². The van der Waals surface area contributed by atoms with E-state index >= 15 is 0 Å². The van der Waals surface area contributed by atoms with Crippen LogP contribution in [0.25, 0.3) is 0 Å². The lowest BCUT2D eigenvalue weighted by Crippen LogP contribution is -2.46. The van der Waals surface area contributed by atoms with Gasteiger partial charge in [0, 0.05) is 6.42 Å². The van der Waals surface area contributed by atoms with Crippen molar-refractivity contribution in [1.29, 1.82) is 0 Å². The molecule has 0 aliphatic heterocycles. The predicted molar refractivity (Wildman–Crippen MR) is 250 cm³/mol. The van der Waals surface area contributed by atoms with E-state index in [4.69, 9.17) is 4.74 Å². The maximum Gasteiger partial charge on any atom is 0.306 e. The van der Waals surface area contributed by atoms with Crippen LogP contribution in [0.1, 0.15) is 245 Å². The summed E-state index contributed by atoms with van der Waals surface area (Å²) in [5, 5.41) is 23.7. The molecule has 0 spiro atoms. The molecular weight excluding hydrogens is 719 g/mol. The van der Waals surface area contributed by atoms with Crippen LogP contribution in [0, 0.1) is 0 Å². The third-order valence-electron chi connectivity index (χ3n) is 11.3. The van der Waals surface area contributed by atoms with Crippen LogP contribution in [0.4, 0.5) is 0 Å². The van der Waals surface area contributed by atoms with Gasteiger partial charge in [-0.1, -0.05) is 236 Å². The largest absolute Gasteiger partial charge is 0.462 e. The molecule has 0 aliphatic rings. The molecule has 338 valence electrons. The van der Waals surface area contributed by atoms with E-state index in [9.17, 15) is 19.8 Å². The van der Waals surface area contributed by atoms with Crippen molar-refractivity contribution in [3.63, 3.8) is 0 Å². The first-order valence-electron chi connectivity index (χ1n) is 24.9. The summed E-state index contributed by atoms with van der Waals surface area (Å²) in [4.78, 5) is 26.0. The standard InChI is InChI=1S/C52H95NO5/c1-4-7-10-13-16-19-22-24-25-27-30-32-35-38-41-44-50(55)49(47-54)53-51(56)46-48(43-40-37-34-31-29-26-23-20-17-14-11-8-5-2)58-52(57)45-42-39-36-33-28-21-18-15-12-9-6-3/h8,11,14,17,20,23,26,29,48-50,54-55H,4-7,9-10,12-13,15-16,18-19,21-22,24-25,27-28,30-47H2,1-3H3,(H,53,56)/b11-8+,17-14+,23-20+,29-26-. The Morgan fingerprint density at radius 2 is 0.931 bits per heavy atom. The highest BCUT2D eigenvalue weighted by Gasteiger charge is 2.24. The number of hydrogen-bond donors (Lipinski definition) is 3. The first-order chi connectivity index (χ1) is 28.5. The van der Waals surface area contributed by atoms with Crippen LogP contribution in [0.3, 0.4) is 0 Å². The second kappa shape index (κ2) is 45.9. The van der Waals surface area contributed by atoms with E-state index in [0.29, 0.717) is 19.3 Å². The average molecular weight is 814 g/mol. The molecule has 58 heavy (non-hydrogen) atoms. The summed E-state index contributed by atoms with van der Waals surface area (Å²) in [7, 11) is 0. The molecule has 0 aromatic rings. The van der Waals surface area contributed by atoms with E-state index in [0.717, 1.165) is 70.6 Å². The van der Waals surface area contributed by atoms with Gasteiger partial charge in [-0.25, -0.2) is 0 Å². The van der Waals surface area contributed by atoms with Crippen LogP contribution < -0.4 is 5.32 Å². The van der Waals surface area contributed by atoms with Crippen LogP contribution in [-0.2, 0) is 14.3 Å². The summed E-state index contributed by atoms with van der Waals surface area (Å²) in [6.45, 7) is 6.33. The normalized spacial score (nSPS) is 13.7. The Balaban J connectivity index is 4.59. The fourth-order valence-electron chi connectivity index (χ4n) is 7.50. The minimum Gasteiger partial charge on any atom is -0.462 e. The first-order valence-corrected chi connectivity index (χ1v) is 24.9. The maximum atomic E-state index is 13.2. The molecular formula is C52H95NO5. The van der Waals surface area contributed by atoms with Gasteiger partial charge in [0.25, 0.3) is 0 Å². The number of amides is 1. The number of ether oxygens (including phenoxy) is 1. The summed E-state index contributed by atoms with van der Waals surface area (Å²) in [5.74, 6) is -0.509. The zero-order chi connectivity index (χ0) is 42.4. The molecule has 0 heterocycles. The highest BCUT2D eigenvalue weighted by molar-refractivity contribution is 5.77. The number of unbranched alkanes of at least 4 members (excludes halogenated alkanes) is 27.